The van der Waals surface area contributed by atoms with Gasteiger partial charge in [0.25, 0.3) is 0 Å². The Labute approximate surface area is 151 Å². The molecule has 0 atom stereocenters. The van der Waals surface area contributed by atoms with Crippen LogP contribution in [0.4, 0.5) is 0 Å². The average molecular weight is 409 g/mol. The van der Waals surface area contributed by atoms with Gasteiger partial charge >= 0.3 is 0 Å². The van der Waals surface area contributed by atoms with Crippen molar-refractivity contribution in [3.8, 4) is 11.3 Å². The number of aromatic amines is 1. The third-order valence-electron chi connectivity index (χ3n) is 3.40. The van der Waals surface area contributed by atoms with Crippen LogP contribution in [0.3, 0.4) is 0 Å². The van der Waals surface area contributed by atoms with Crippen LogP contribution in [-0.4, -0.2) is 15.0 Å². The van der Waals surface area contributed by atoms with Crippen LogP contribution in [0.5, 0.6) is 0 Å². The second kappa shape index (κ2) is 6.59. The van der Waals surface area contributed by atoms with Crippen LogP contribution in [-0.2, 0) is 0 Å². The van der Waals surface area contributed by atoms with E-state index in [0.717, 1.165) is 42.5 Å². The highest BCUT2D eigenvalue weighted by Gasteiger charge is 2.15. The average Bonchev–Trinajstić information content (AvgIpc) is 3.11. The summed E-state index contributed by atoms with van der Waals surface area (Å²) in [6, 6.07) is 8.30. The largest absolute Gasteiger partial charge is 0.359 e. The Morgan fingerprint density at radius 3 is 2.78 bits per heavy atom. The van der Waals surface area contributed by atoms with Gasteiger partial charge in [-0.2, -0.15) is 0 Å². The van der Waals surface area contributed by atoms with Crippen LogP contribution in [0.2, 0.25) is 5.28 Å². The number of nitrogens with zero attached hydrogens (tertiary/aromatic N) is 2. The van der Waals surface area contributed by atoms with Gasteiger partial charge in [0.15, 0.2) is 0 Å². The van der Waals surface area contributed by atoms with Crippen molar-refractivity contribution < 1.29 is 0 Å². The Bertz CT molecular complexity index is 990. The van der Waals surface area contributed by atoms with E-state index in [9.17, 15) is 0 Å². The molecule has 23 heavy (non-hydrogen) atoms. The predicted molar refractivity (Wildman–Crippen MR) is 104 cm³/mol. The molecule has 0 aliphatic carbocycles. The highest BCUT2D eigenvalue weighted by molar-refractivity contribution is 9.10. The molecule has 4 rings (SSSR count). The zero-order valence-electron chi connectivity index (χ0n) is 12.9. The molecular weight excluding hydrogens is 394 g/mol. The molecule has 0 spiro atoms. The number of halogens is 2. The van der Waals surface area contributed by atoms with Gasteiger partial charge in [0.2, 0.25) is 5.28 Å². The van der Waals surface area contributed by atoms with Crippen molar-refractivity contribution in [1.82, 2.24) is 15.0 Å². The Hall–Kier alpha value is -1.43. The molecule has 4 aromatic rings. The minimum Gasteiger partial charge on any atom is -0.359 e. The summed E-state index contributed by atoms with van der Waals surface area (Å²) in [6.45, 7) is 6.05. The zero-order valence-corrected chi connectivity index (χ0v) is 16.1. The number of rotatable bonds is 1. The molecule has 0 bridgehead atoms. The van der Waals surface area contributed by atoms with Crippen molar-refractivity contribution in [2.45, 2.75) is 20.8 Å². The molecule has 1 N–H and O–H groups in total. The minimum atomic E-state index is 0.265. The molecule has 0 aliphatic rings. The van der Waals surface area contributed by atoms with Gasteiger partial charge in [0.1, 0.15) is 5.52 Å². The van der Waals surface area contributed by atoms with Crippen molar-refractivity contribution in [1.29, 1.82) is 0 Å². The molecule has 0 fully saturated rings. The minimum absolute atomic E-state index is 0.265. The summed E-state index contributed by atoms with van der Waals surface area (Å²) in [6.07, 6.45) is 0. The van der Waals surface area contributed by atoms with Crippen LogP contribution < -0.4 is 0 Å². The van der Waals surface area contributed by atoms with E-state index < -0.39 is 0 Å². The summed E-state index contributed by atoms with van der Waals surface area (Å²) < 4.78 is 1.99. The first-order valence-electron chi connectivity index (χ1n) is 7.32. The standard InChI is InChI=1S/C15H9BrClN3S.C2H6/c1-7-5-9-8(3-2-4-11(9)18-7)12-14-13(10(16)6-21-14)20-15(17)19-12;1-2/h2-6,18H,1H3;1-2H3. The molecule has 3 aromatic heterocycles. The highest BCUT2D eigenvalue weighted by atomic mass is 79.9. The molecule has 118 valence electrons. The van der Waals surface area contributed by atoms with Crippen LogP contribution in [0.25, 0.3) is 32.4 Å². The lowest BCUT2D eigenvalue weighted by Gasteiger charge is -2.05. The topological polar surface area (TPSA) is 41.6 Å². The molecule has 0 saturated carbocycles. The van der Waals surface area contributed by atoms with E-state index in [4.69, 9.17) is 11.6 Å². The molecule has 0 aliphatic heterocycles. The van der Waals surface area contributed by atoms with E-state index in [1.165, 1.54) is 0 Å². The fourth-order valence-corrected chi connectivity index (χ4v) is 4.28. The van der Waals surface area contributed by atoms with Crippen LogP contribution in [0, 0.1) is 6.92 Å². The van der Waals surface area contributed by atoms with Gasteiger partial charge in [-0.1, -0.05) is 26.0 Å². The summed E-state index contributed by atoms with van der Waals surface area (Å²) in [5, 5.41) is 3.43. The number of benzene rings is 1. The van der Waals surface area contributed by atoms with E-state index in [2.05, 4.69) is 49.1 Å². The zero-order chi connectivity index (χ0) is 16.6. The van der Waals surface area contributed by atoms with Gasteiger partial charge in [0.05, 0.1) is 14.9 Å². The Morgan fingerprint density at radius 2 is 2.00 bits per heavy atom. The van der Waals surface area contributed by atoms with Gasteiger partial charge in [0, 0.05) is 27.5 Å². The number of fused-ring (bicyclic) bond motifs is 2. The lowest BCUT2D eigenvalue weighted by Crippen LogP contribution is -1.89. The van der Waals surface area contributed by atoms with E-state index in [-0.39, 0.29) is 5.28 Å². The SMILES string of the molecule is CC.Cc1cc2c(-c3nc(Cl)nc4c(Br)csc34)cccc2[nH]1. The number of hydrogen-bond donors (Lipinski definition) is 1. The summed E-state index contributed by atoms with van der Waals surface area (Å²) in [4.78, 5) is 12.1. The third kappa shape index (κ3) is 2.89. The summed E-state index contributed by atoms with van der Waals surface area (Å²) in [7, 11) is 0. The smallest absolute Gasteiger partial charge is 0.223 e. The van der Waals surface area contributed by atoms with E-state index in [0.29, 0.717) is 0 Å². The van der Waals surface area contributed by atoms with Crippen molar-refractivity contribution in [2.24, 2.45) is 0 Å². The van der Waals surface area contributed by atoms with Gasteiger partial charge in [-0.15, -0.1) is 11.3 Å². The van der Waals surface area contributed by atoms with Crippen LogP contribution >= 0.6 is 38.9 Å². The molecule has 0 amide bonds. The van der Waals surface area contributed by atoms with E-state index >= 15 is 0 Å². The van der Waals surface area contributed by atoms with Crippen molar-refractivity contribution in [2.75, 3.05) is 0 Å². The fourth-order valence-electron chi connectivity index (χ4n) is 2.55. The Morgan fingerprint density at radius 1 is 1.22 bits per heavy atom. The van der Waals surface area contributed by atoms with Gasteiger partial charge in [-0.05, 0) is 46.6 Å². The van der Waals surface area contributed by atoms with Crippen LogP contribution in [0.1, 0.15) is 19.5 Å². The number of aromatic nitrogens is 3. The molecule has 3 heterocycles. The number of hydrogen-bond acceptors (Lipinski definition) is 3. The van der Waals surface area contributed by atoms with Crippen LogP contribution in [0.15, 0.2) is 34.1 Å². The maximum atomic E-state index is 6.11. The monoisotopic (exact) mass is 407 g/mol. The van der Waals surface area contributed by atoms with Crippen molar-refractivity contribution in [3.63, 3.8) is 0 Å². The van der Waals surface area contributed by atoms with E-state index in [1.807, 2.05) is 32.2 Å². The summed E-state index contributed by atoms with van der Waals surface area (Å²) in [5.74, 6) is 0. The summed E-state index contributed by atoms with van der Waals surface area (Å²) in [5.41, 5.74) is 5.04. The summed E-state index contributed by atoms with van der Waals surface area (Å²) >= 11 is 11.2. The lowest BCUT2D eigenvalue weighted by atomic mass is 10.1. The molecule has 0 saturated heterocycles. The van der Waals surface area contributed by atoms with Gasteiger partial charge < -0.3 is 4.98 Å². The number of thiophene rings is 1. The number of H-pyrrole nitrogens is 1. The molecular formula is C17H15BrClN3S. The Balaban J connectivity index is 0.000000753. The Kier molecular flexibility index (Phi) is 4.71. The first kappa shape index (κ1) is 16.4. The first-order valence-corrected chi connectivity index (χ1v) is 9.37. The number of aryl methyl sites for hydroxylation is 1. The molecule has 0 unspecified atom stereocenters. The molecule has 0 radical (unpaired) electrons. The van der Waals surface area contributed by atoms with E-state index in [1.54, 1.807) is 11.3 Å². The second-order valence-electron chi connectivity index (χ2n) is 4.82. The fraction of sp³-hybridized carbons (Fsp3) is 0.176. The molecule has 3 nitrogen and oxygen atoms in total. The number of nitrogens with one attached hydrogen (secondary N) is 1. The normalized spacial score (nSPS) is 10.8. The van der Waals surface area contributed by atoms with Crippen molar-refractivity contribution in [3.05, 3.63) is 45.1 Å². The predicted octanol–water partition coefficient (Wildman–Crippen LogP) is 6.59. The molecule has 1 aromatic carbocycles. The van der Waals surface area contributed by atoms with Crippen molar-refractivity contribution >= 4 is 60.0 Å². The third-order valence-corrected chi connectivity index (χ3v) is 5.45. The second-order valence-corrected chi connectivity index (χ2v) is 6.89. The van der Waals surface area contributed by atoms with Gasteiger partial charge in [-0.25, -0.2) is 9.97 Å². The maximum absolute atomic E-state index is 6.11. The quantitative estimate of drug-likeness (QED) is 0.361. The highest BCUT2D eigenvalue weighted by Crippen LogP contribution is 2.38. The lowest BCUT2D eigenvalue weighted by molar-refractivity contribution is 1.23. The molecule has 6 heteroatoms. The first-order chi connectivity index (χ1) is 11.1. The van der Waals surface area contributed by atoms with Gasteiger partial charge in [-0.3, -0.25) is 0 Å². The maximum Gasteiger partial charge on any atom is 0.223 e.